The van der Waals surface area contributed by atoms with E-state index in [0.717, 1.165) is 25.1 Å². The van der Waals surface area contributed by atoms with Gasteiger partial charge in [-0.05, 0) is 62.7 Å². The number of anilines is 4. The highest BCUT2D eigenvalue weighted by molar-refractivity contribution is 7.92. The Labute approximate surface area is 208 Å². The van der Waals surface area contributed by atoms with E-state index < -0.39 is 21.0 Å². The number of carbonyl (C=O) groups is 1. The van der Waals surface area contributed by atoms with Crippen LogP contribution in [0.3, 0.4) is 0 Å². The molecule has 0 atom stereocenters. The highest BCUT2D eigenvalue weighted by Crippen LogP contribution is 2.32. The molecule has 0 fully saturated rings. The summed E-state index contributed by atoms with van der Waals surface area (Å²) < 4.78 is 25.7. The number of hydrogen-bond donors (Lipinski definition) is 3. The predicted octanol–water partition coefficient (Wildman–Crippen LogP) is 3.28. The van der Waals surface area contributed by atoms with Crippen LogP contribution in [-0.2, 0) is 22.8 Å². The molecule has 0 spiro atoms. The summed E-state index contributed by atoms with van der Waals surface area (Å²) in [6, 6.07) is 10.2. The average molecular weight is 516 g/mol. The molecule has 4 rings (SSSR count). The van der Waals surface area contributed by atoms with Crippen LogP contribution in [0.5, 0.6) is 0 Å². The van der Waals surface area contributed by atoms with E-state index >= 15 is 0 Å². The van der Waals surface area contributed by atoms with Crippen LogP contribution in [0, 0.1) is 0 Å². The summed E-state index contributed by atoms with van der Waals surface area (Å²) in [7, 11) is -1.56. The highest BCUT2D eigenvalue weighted by atomic mass is 35.5. The van der Waals surface area contributed by atoms with E-state index in [-0.39, 0.29) is 28.0 Å². The number of sulfone groups is 1. The summed E-state index contributed by atoms with van der Waals surface area (Å²) in [6.07, 6.45) is 0.880. The Hall–Kier alpha value is -3.28. The van der Waals surface area contributed by atoms with Crippen LogP contribution in [0.2, 0.25) is 5.02 Å². The van der Waals surface area contributed by atoms with E-state index in [4.69, 9.17) is 17.3 Å². The molecule has 4 N–H and O–H groups in total. The molecule has 0 bridgehead atoms. The van der Waals surface area contributed by atoms with Crippen molar-refractivity contribution in [3.63, 3.8) is 0 Å². The molecule has 10 nitrogen and oxygen atoms in total. The number of halogens is 1. The quantitative estimate of drug-likeness (QED) is 0.431. The van der Waals surface area contributed by atoms with Crippen LogP contribution >= 0.6 is 11.6 Å². The molecular formula is C23H26ClN7O3S. The third kappa shape index (κ3) is 5.21. The summed E-state index contributed by atoms with van der Waals surface area (Å²) in [6.45, 7) is 4.94. The Morgan fingerprint density at radius 1 is 1.11 bits per heavy atom. The van der Waals surface area contributed by atoms with Gasteiger partial charge >= 0.3 is 0 Å². The van der Waals surface area contributed by atoms with Gasteiger partial charge in [-0.15, -0.1) is 10.2 Å². The van der Waals surface area contributed by atoms with Crippen molar-refractivity contribution in [2.24, 2.45) is 5.73 Å². The van der Waals surface area contributed by atoms with Gasteiger partial charge in [-0.2, -0.15) is 4.98 Å². The van der Waals surface area contributed by atoms with Crippen molar-refractivity contribution in [1.82, 2.24) is 20.1 Å². The van der Waals surface area contributed by atoms with Crippen molar-refractivity contribution < 1.29 is 13.2 Å². The average Bonchev–Trinajstić information content (AvgIpc) is 2.80. The second kappa shape index (κ2) is 9.76. The minimum absolute atomic E-state index is 0.0305. The first-order chi connectivity index (χ1) is 16.6. The summed E-state index contributed by atoms with van der Waals surface area (Å²) >= 11 is 6.50. The number of nitrogens with zero attached hydrogens (tertiary/aromatic N) is 4. The summed E-state index contributed by atoms with van der Waals surface area (Å²) in [5.74, 6) is -0.826. The lowest BCUT2D eigenvalue weighted by Crippen LogP contribution is -2.26. The van der Waals surface area contributed by atoms with Crippen LogP contribution in [0.15, 0.2) is 41.3 Å². The maximum absolute atomic E-state index is 12.8. The largest absolute Gasteiger partial charge is 0.364 e. The van der Waals surface area contributed by atoms with Crippen LogP contribution in [0.4, 0.5) is 23.1 Å². The van der Waals surface area contributed by atoms with Gasteiger partial charge in [0.15, 0.2) is 21.3 Å². The number of likely N-dealkylation sites (N-methyl/N-ethyl adjacent to an activating group) is 1. The molecule has 0 unspecified atom stereocenters. The number of primary amides is 1. The highest BCUT2D eigenvalue weighted by Gasteiger charge is 2.24. The number of para-hydroxylation sites is 1. The Morgan fingerprint density at radius 3 is 2.57 bits per heavy atom. The number of nitrogens with two attached hydrogens (primary N) is 1. The lowest BCUT2D eigenvalue weighted by Gasteiger charge is -2.26. The summed E-state index contributed by atoms with van der Waals surface area (Å²) in [5.41, 5.74) is 8.40. The van der Waals surface area contributed by atoms with Gasteiger partial charge in [-0.1, -0.05) is 23.7 Å². The van der Waals surface area contributed by atoms with Crippen LogP contribution < -0.4 is 16.4 Å². The Kier molecular flexibility index (Phi) is 6.93. The minimum atomic E-state index is -3.62. The molecule has 184 valence electrons. The molecule has 1 amide bonds. The normalized spacial score (nSPS) is 14.0. The van der Waals surface area contributed by atoms with Gasteiger partial charge < -0.3 is 21.3 Å². The third-order valence-electron chi connectivity index (χ3n) is 5.73. The minimum Gasteiger partial charge on any atom is -0.364 e. The molecule has 2 heterocycles. The number of fused-ring (bicyclic) bond motifs is 1. The van der Waals surface area contributed by atoms with Gasteiger partial charge in [-0.3, -0.25) is 4.79 Å². The fraction of sp³-hybridized carbons (Fsp3) is 0.304. The molecule has 3 aromatic rings. The lowest BCUT2D eigenvalue weighted by molar-refractivity contribution is 0.0995. The Balaban J connectivity index is 1.70. The molecule has 2 aromatic carbocycles. The first-order valence-corrected chi connectivity index (χ1v) is 12.9. The van der Waals surface area contributed by atoms with Crippen molar-refractivity contribution in [2.75, 3.05) is 24.2 Å². The SMILES string of the molecule is CC(C)S(=O)(=O)c1ccccc1Nc1nc(Nc2cc3c(cc2Cl)CN(C)CC3)nnc1C(N)=O. The second-order valence-corrected chi connectivity index (χ2v) is 11.5. The van der Waals surface area contributed by atoms with E-state index in [1.165, 1.54) is 11.6 Å². The monoisotopic (exact) mass is 515 g/mol. The molecule has 0 saturated carbocycles. The maximum Gasteiger partial charge on any atom is 0.273 e. The molecule has 0 aliphatic carbocycles. The van der Waals surface area contributed by atoms with E-state index in [1.54, 1.807) is 32.0 Å². The van der Waals surface area contributed by atoms with Gasteiger partial charge in [-0.25, -0.2) is 8.42 Å². The molecule has 1 aliphatic heterocycles. The fourth-order valence-electron chi connectivity index (χ4n) is 3.77. The fourth-order valence-corrected chi connectivity index (χ4v) is 5.20. The van der Waals surface area contributed by atoms with Gasteiger partial charge in [0, 0.05) is 13.1 Å². The van der Waals surface area contributed by atoms with Gasteiger partial charge in [0.2, 0.25) is 5.95 Å². The first kappa shape index (κ1) is 24.8. The van der Waals surface area contributed by atoms with Crippen molar-refractivity contribution in [2.45, 2.75) is 37.0 Å². The van der Waals surface area contributed by atoms with E-state index in [2.05, 4.69) is 37.8 Å². The zero-order valence-electron chi connectivity index (χ0n) is 19.5. The number of amides is 1. The number of benzene rings is 2. The zero-order valence-corrected chi connectivity index (χ0v) is 21.1. The van der Waals surface area contributed by atoms with Crippen molar-refractivity contribution in [1.29, 1.82) is 0 Å². The standard InChI is InChI=1S/C23H26ClN7O3S/c1-13(2)35(33,34)19-7-5-4-6-17(19)26-22-20(21(25)32)29-30-23(28-22)27-18-11-14-8-9-31(3)12-15(14)10-16(18)24/h4-7,10-11,13H,8-9,12H2,1-3H3,(H2,25,32)(H2,26,27,28,30). The Bertz CT molecular complexity index is 1400. The molecule has 35 heavy (non-hydrogen) atoms. The topological polar surface area (TPSA) is 143 Å². The van der Waals surface area contributed by atoms with Gasteiger partial charge in [0.05, 0.1) is 26.5 Å². The zero-order chi connectivity index (χ0) is 25.3. The third-order valence-corrected chi connectivity index (χ3v) is 8.25. The smallest absolute Gasteiger partial charge is 0.273 e. The molecule has 12 heteroatoms. The van der Waals surface area contributed by atoms with E-state index in [1.807, 2.05) is 12.1 Å². The molecule has 0 radical (unpaired) electrons. The molecule has 1 aromatic heterocycles. The maximum atomic E-state index is 12.8. The van der Waals surface area contributed by atoms with Crippen LogP contribution in [0.1, 0.15) is 35.5 Å². The van der Waals surface area contributed by atoms with Crippen molar-refractivity contribution in [3.8, 4) is 0 Å². The molecular weight excluding hydrogens is 490 g/mol. The predicted molar refractivity (Wildman–Crippen MR) is 135 cm³/mol. The second-order valence-electron chi connectivity index (χ2n) is 8.63. The van der Waals surface area contributed by atoms with Gasteiger partial charge in [0.25, 0.3) is 5.91 Å². The number of rotatable bonds is 7. The molecule has 0 saturated heterocycles. The van der Waals surface area contributed by atoms with Gasteiger partial charge in [0.1, 0.15) is 0 Å². The van der Waals surface area contributed by atoms with Crippen molar-refractivity contribution >= 4 is 50.5 Å². The molecule has 1 aliphatic rings. The van der Waals surface area contributed by atoms with Crippen molar-refractivity contribution in [3.05, 3.63) is 58.2 Å². The van der Waals surface area contributed by atoms with E-state index in [0.29, 0.717) is 10.7 Å². The number of carbonyl (C=O) groups excluding carboxylic acids is 1. The summed E-state index contributed by atoms with van der Waals surface area (Å²) in [5, 5.41) is 13.7. The summed E-state index contributed by atoms with van der Waals surface area (Å²) in [4.78, 5) is 18.6. The Morgan fingerprint density at radius 2 is 1.86 bits per heavy atom. The van der Waals surface area contributed by atoms with E-state index in [9.17, 15) is 13.2 Å². The van der Waals surface area contributed by atoms with Crippen LogP contribution in [-0.4, -0.2) is 53.2 Å². The number of aromatic nitrogens is 3. The number of hydrogen-bond acceptors (Lipinski definition) is 9. The lowest BCUT2D eigenvalue weighted by atomic mass is 9.99. The number of nitrogens with one attached hydrogen (secondary N) is 2. The first-order valence-electron chi connectivity index (χ1n) is 11.0. The van der Waals surface area contributed by atoms with Crippen LogP contribution in [0.25, 0.3) is 0 Å².